The van der Waals surface area contributed by atoms with Crippen LogP contribution in [0.25, 0.3) is 10.2 Å². The van der Waals surface area contributed by atoms with Gasteiger partial charge in [-0.25, -0.2) is 14.6 Å². The van der Waals surface area contributed by atoms with E-state index in [0.717, 1.165) is 22.5 Å². The van der Waals surface area contributed by atoms with Crippen LogP contribution in [-0.2, 0) is 9.47 Å². The third-order valence-corrected chi connectivity index (χ3v) is 5.94. The number of carbonyl (C=O) groups is 2. The van der Waals surface area contributed by atoms with Gasteiger partial charge in [0.2, 0.25) is 0 Å². The van der Waals surface area contributed by atoms with E-state index in [1.54, 1.807) is 32.9 Å². The fraction of sp³-hybridized carbons (Fsp3) is 0.333. The maximum absolute atomic E-state index is 12.6. The van der Waals surface area contributed by atoms with E-state index >= 15 is 0 Å². The number of H-pyrrole nitrogens is 1. The number of fused-ring (bicyclic) bond motifs is 1. The number of benzene rings is 1. The molecule has 0 aliphatic carbocycles. The van der Waals surface area contributed by atoms with Gasteiger partial charge in [-0.3, -0.25) is 4.79 Å². The maximum atomic E-state index is 12.6. The van der Waals surface area contributed by atoms with E-state index in [1.165, 1.54) is 0 Å². The Balaban J connectivity index is 1.93. The minimum atomic E-state index is -0.770. The molecule has 2 aromatic heterocycles. The Morgan fingerprint density at radius 1 is 1.17 bits per heavy atom. The average molecular weight is 414 g/mol. The topological polar surface area (TPSA) is 98.3 Å². The van der Waals surface area contributed by atoms with Crippen molar-refractivity contribution in [2.45, 2.75) is 40.7 Å². The summed E-state index contributed by atoms with van der Waals surface area (Å²) in [7, 11) is 0. The molecule has 2 heterocycles. The lowest BCUT2D eigenvalue weighted by atomic mass is 10.0. The third kappa shape index (κ3) is 3.93. The minimum Gasteiger partial charge on any atom is -0.462 e. The van der Waals surface area contributed by atoms with Gasteiger partial charge in [0.25, 0.3) is 5.56 Å². The summed E-state index contributed by atoms with van der Waals surface area (Å²) in [4.78, 5) is 45.1. The fourth-order valence-electron chi connectivity index (χ4n) is 3.00. The second-order valence-electron chi connectivity index (χ2n) is 6.70. The van der Waals surface area contributed by atoms with E-state index in [2.05, 4.69) is 9.97 Å². The van der Waals surface area contributed by atoms with Crippen LogP contribution in [0, 0.1) is 20.8 Å². The molecule has 0 fully saturated rings. The van der Waals surface area contributed by atoms with Crippen LogP contribution in [0.4, 0.5) is 0 Å². The van der Waals surface area contributed by atoms with Gasteiger partial charge >= 0.3 is 11.9 Å². The summed E-state index contributed by atoms with van der Waals surface area (Å²) in [5.41, 5.74) is 2.44. The molecule has 1 N–H and O–H groups in total. The van der Waals surface area contributed by atoms with Crippen molar-refractivity contribution in [2.24, 2.45) is 0 Å². The fourth-order valence-corrected chi connectivity index (χ4v) is 4.08. The largest absolute Gasteiger partial charge is 0.462 e. The standard InChI is InChI=1S/C21H22N2O5S/c1-6-27-21(26)16-12(4)15-18(24)22-17(23-19(15)29-16)13(5)28-20(25)14-9-7-8-10(2)11(14)3/h7-9,13H,6H2,1-5H3,(H,22,23,24)/t13-/m0/s1. The van der Waals surface area contributed by atoms with Gasteiger partial charge in [0, 0.05) is 0 Å². The lowest BCUT2D eigenvalue weighted by Gasteiger charge is -2.14. The molecule has 3 aromatic rings. The van der Waals surface area contributed by atoms with Gasteiger partial charge in [0.05, 0.1) is 17.6 Å². The summed E-state index contributed by atoms with van der Waals surface area (Å²) in [5, 5.41) is 0.342. The number of esters is 2. The van der Waals surface area contributed by atoms with Crippen LogP contribution in [0.5, 0.6) is 0 Å². The molecule has 0 radical (unpaired) electrons. The van der Waals surface area contributed by atoms with E-state index in [4.69, 9.17) is 9.47 Å². The smallest absolute Gasteiger partial charge is 0.348 e. The molecular formula is C21H22N2O5S. The molecule has 7 nitrogen and oxygen atoms in total. The molecule has 0 saturated carbocycles. The molecule has 0 unspecified atom stereocenters. The van der Waals surface area contributed by atoms with Crippen LogP contribution in [0.15, 0.2) is 23.0 Å². The first kappa shape index (κ1) is 20.7. The molecule has 0 saturated heterocycles. The summed E-state index contributed by atoms with van der Waals surface area (Å²) in [5.74, 6) is -0.753. The molecule has 0 amide bonds. The first-order chi connectivity index (χ1) is 13.7. The Hall–Kier alpha value is -3.00. The molecule has 152 valence electrons. The second kappa shape index (κ2) is 8.16. The molecule has 0 aliphatic heterocycles. The van der Waals surface area contributed by atoms with Crippen molar-refractivity contribution in [3.63, 3.8) is 0 Å². The van der Waals surface area contributed by atoms with Gasteiger partial charge in [-0.15, -0.1) is 11.3 Å². The van der Waals surface area contributed by atoms with Crippen molar-refractivity contribution in [3.8, 4) is 0 Å². The average Bonchev–Trinajstić information content (AvgIpc) is 3.01. The quantitative estimate of drug-likeness (QED) is 0.634. The van der Waals surface area contributed by atoms with Gasteiger partial charge in [-0.1, -0.05) is 12.1 Å². The first-order valence-electron chi connectivity index (χ1n) is 9.22. The third-order valence-electron chi connectivity index (χ3n) is 4.77. The highest BCUT2D eigenvalue weighted by atomic mass is 32.1. The van der Waals surface area contributed by atoms with Crippen molar-refractivity contribution in [3.05, 3.63) is 61.5 Å². The van der Waals surface area contributed by atoms with Crippen LogP contribution < -0.4 is 5.56 Å². The SMILES string of the molecule is CCOC(=O)c1sc2nc([C@H](C)OC(=O)c3cccc(C)c3C)[nH]c(=O)c2c1C. The van der Waals surface area contributed by atoms with Crippen molar-refractivity contribution in [1.82, 2.24) is 9.97 Å². The van der Waals surface area contributed by atoms with Crippen LogP contribution >= 0.6 is 11.3 Å². The lowest BCUT2D eigenvalue weighted by Crippen LogP contribution is -2.18. The van der Waals surface area contributed by atoms with Crippen molar-refractivity contribution in [2.75, 3.05) is 6.61 Å². The van der Waals surface area contributed by atoms with Gasteiger partial charge < -0.3 is 14.5 Å². The number of hydrogen-bond acceptors (Lipinski definition) is 7. The summed E-state index contributed by atoms with van der Waals surface area (Å²) in [6.07, 6.45) is -0.770. The molecule has 3 rings (SSSR count). The maximum Gasteiger partial charge on any atom is 0.348 e. The van der Waals surface area contributed by atoms with Gasteiger partial charge in [0.15, 0.2) is 11.9 Å². The van der Waals surface area contributed by atoms with Crippen LogP contribution in [-0.4, -0.2) is 28.5 Å². The van der Waals surface area contributed by atoms with Crippen molar-refractivity contribution < 1.29 is 19.1 Å². The number of aromatic amines is 1. The molecule has 0 aliphatic rings. The predicted molar refractivity (Wildman–Crippen MR) is 111 cm³/mol. The minimum absolute atomic E-state index is 0.220. The Kier molecular flexibility index (Phi) is 5.83. The highest BCUT2D eigenvalue weighted by Gasteiger charge is 2.23. The Morgan fingerprint density at radius 2 is 1.90 bits per heavy atom. The molecule has 29 heavy (non-hydrogen) atoms. The number of carbonyl (C=O) groups excluding carboxylic acids is 2. The van der Waals surface area contributed by atoms with Crippen molar-refractivity contribution >= 4 is 33.5 Å². The number of thiophene rings is 1. The molecule has 1 atom stereocenters. The molecule has 1 aromatic carbocycles. The molecular weight excluding hydrogens is 392 g/mol. The normalized spacial score (nSPS) is 12.0. The zero-order chi connectivity index (χ0) is 21.3. The van der Waals surface area contributed by atoms with Crippen LogP contribution in [0.1, 0.15) is 62.5 Å². The van der Waals surface area contributed by atoms with E-state index in [9.17, 15) is 14.4 Å². The number of ether oxygens (including phenoxy) is 2. The Bertz CT molecular complexity index is 1160. The summed E-state index contributed by atoms with van der Waals surface area (Å²) < 4.78 is 10.6. The Morgan fingerprint density at radius 3 is 2.59 bits per heavy atom. The van der Waals surface area contributed by atoms with E-state index in [0.29, 0.717) is 26.2 Å². The Labute approximate surface area is 171 Å². The summed E-state index contributed by atoms with van der Waals surface area (Å²) in [6.45, 7) is 9.06. The van der Waals surface area contributed by atoms with Crippen LogP contribution in [0.3, 0.4) is 0 Å². The number of hydrogen-bond donors (Lipinski definition) is 1. The van der Waals surface area contributed by atoms with E-state index < -0.39 is 18.0 Å². The van der Waals surface area contributed by atoms with Crippen LogP contribution in [0.2, 0.25) is 0 Å². The lowest BCUT2D eigenvalue weighted by molar-refractivity contribution is 0.0318. The number of nitrogens with one attached hydrogen (secondary N) is 1. The van der Waals surface area contributed by atoms with E-state index in [-0.39, 0.29) is 18.0 Å². The van der Waals surface area contributed by atoms with Gasteiger partial charge in [-0.05, 0) is 57.4 Å². The molecule has 0 spiro atoms. The number of nitrogens with zero attached hydrogens (tertiary/aromatic N) is 1. The monoisotopic (exact) mass is 414 g/mol. The second-order valence-corrected chi connectivity index (χ2v) is 7.70. The number of aromatic nitrogens is 2. The number of rotatable bonds is 5. The summed E-state index contributed by atoms with van der Waals surface area (Å²) >= 11 is 1.09. The first-order valence-corrected chi connectivity index (χ1v) is 10.0. The highest BCUT2D eigenvalue weighted by Crippen LogP contribution is 2.29. The molecule has 8 heteroatoms. The van der Waals surface area contributed by atoms with Crippen molar-refractivity contribution in [1.29, 1.82) is 0 Å². The summed E-state index contributed by atoms with van der Waals surface area (Å²) in [6, 6.07) is 5.41. The zero-order valence-electron chi connectivity index (χ0n) is 16.9. The van der Waals surface area contributed by atoms with Gasteiger partial charge in [0.1, 0.15) is 9.71 Å². The molecule has 0 bridgehead atoms. The number of aryl methyl sites for hydroxylation is 2. The van der Waals surface area contributed by atoms with E-state index in [1.807, 2.05) is 19.9 Å². The predicted octanol–water partition coefficient (Wildman–Crippen LogP) is 4.00. The van der Waals surface area contributed by atoms with Gasteiger partial charge in [-0.2, -0.15) is 0 Å². The highest BCUT2D eigenvalue weighted by molar-refractivity contribution is 7.20. The zero-order valence-corrected chi connectivity index (χ0v) is 17.7.